The number of esters is 2. The quantitative estimate of drug-likeness (QED) is 0.0268. The molecule has 0 bridgehead atoms. The maximum Gasteiger partial charge on any atom is 0.472 e. The van der Waals surface area contributed by atoms with E-state index in [0.29, 0.717) is 6.42 Å². The van der Waals surface area contributed by atoms with Crippen molar-refractivity contribution in [2.75, 3.05) is 26.4 Å². The zero-order chi connectivity index (χ0) is 39.6. The number of carbonyl (C=O) groups excluding carboxylic acids is 2. The van der Waals surface area contributed by atoms with Crippen molar-refractivity contribution in [2.24, 2.45) is 5.73 Å². The summed E-state index contributed by atoms with van der Waals surface area (Å²) in [5.41, 5.74) is 5.35. The minimum absolute atomic E-state index is 0.0562. The van der Waals surface area contributed by atoms with Crippen LogP contribution >= 0.6 is 7.82 Å². The molecule has 0 radical (unpaired) electrons. The molecule has 0 fully saturated rings. The minimum Gasteiger partial charge on any atom is -0.462 e. The molecule has 0 rings (SSSR count). The van der Waals surface area contributed by atoms with Crippen LogP contribution in [-0.4, -0.2) is 49.3 Å². The molecular formula is C44H86NO8P. The topological polar surface area (TPSA) is 134 Å². The van der Waals surface area contributed by atoms with E-state index < -0.39 is 26.5 Å². The van der Waals surface area contributed by atoms with Crippen LogP contribution in [0.25, 0.3) is 0 Å². The lowest BCUT2D eigenvalue weighted by Gasteiger charge is -2.19. The number of ether oxygens (including phenoxy) is 2. The molecule has 0 saturated carbocycles. The van der Waals surface area contributed by atoms with Gasteiger partial charge in [-0.15, -0.1) is 0 Å². The van der Waals surface area contributed by atoms with E-state index >= 15 is 0 Å². The first-order chi connectivity index (χ1) is 26.3. The fourth-order valence-electron chi connectivity index (χ4n) is 6.50. The summed E-state index contributed by atoms with van der Waals surface area (Å²) < 4.78 is 32.8. The molecule has 0 amide bonds. The summed E-state index contributed by atoms with van der Waals surface area (Å²) in [6.07, 6.45) is 42.4. The molecule has 0 heterocycles. The highest BCUT2D eigenvalue weighted by molar-refractivity contribution is 7.47. The summed E-state index contributed by atoms with van der Waals surface area (Å²) in [4.78, 5) is 34.9. The Morgan fingerprint density at radius 1 is 0.537 bits per heavy atom. The van der Waals surface area contributed by atoms with E-state index in [0.717, 1.165) is 32.1 Å². The Balaban J connectivity index is 4.08. The Kier molecular flexibility index (Phi) is 40.4. The first kappa shape index (κ1) is 52.8. The van der Waals surface area contributed by atoms with Crippen molar-refractivity contribution in [2.45, 2.75) is 232 Å². The third kappa shape index (κ3) is 40.4. The molecule has 0 aromatic rings. The van der Waals surface area contributed by atoms with E-state index in [-0.39, 0.29) is 38.6 Å². The summed E-state index contributed by atoms with van der Waals surface area (Å²) in [6.45, 7) is 3.74. The number of phosphoric ester groups is 1. The van der Waals surface area contributed by atoms with E-state index in [1.54, 1.807) is 0 Å². The Bertz CT molecular complexity index is 902. The van der Waals surface area contributed by atoms with Gasteiger partial charge in [0.05, 0.1) is 13.2 Å². The highest BCUT2D eigenvalue weighted by atomic mass is 31.2. The van der Waals surface area contributed by atoms with E-state index in [1.165, 1.54) is 161 Å². The van der Waals surface area contributed by atoms with Crippen molar-refractivity contribution in [1.29, 1.82) is 0 Å². The maximum atomic E-state index is 12.6. The number of allylic oxidation sites excluding steroid dienone is 2. The molecule has 0 aliphatic carbocycles. The zero-order valence-electron chi connectivity index (χ0n) is 35.2. The first-order valence-electron chi connectivity index (χ1n) is 22.7. The van der Waals surface area contributed by atoms with Gasteiger partial charge in [-0.3, -0.25) is 18.6 Å². The Labute approximate surface area is 332 Å². The van der Waals surface area contributed by atoms with Gasteiger partial charge in [0, 0.05) is 19.4 Å². The van der Waals surface area contributed by atoms with Gasteiger partial charge in [-0.05, 0) is 32.1 Å². The Morgan fingerprint density at radius 2 is 0.926 bits per heavy atom. The molecule has 0 aliphatic heterocycles. The van der Waals surface area contributed by atoms with Gasteiger partial charge in [-0.25, -0.2) is 4.57 Å². The van der Waals surface area contributed by atoms with Crippen LogP contribution in [0.5, 0.6) is 0 Å². The van der Waals surface area contributed by atoms with Crippen LogP contribution < -0.4 is 5.73 Å². The van der Waals surface area contributed by atoms with Gasteiger partial charge in [0.2, 0.25) is 0 Å². The summed E-state index contributed by atoms with van der Waals surface area (Å²) in [7, 11) is -4.37. The molecule has 10 heteroatoms. The molecule has 0 aromatic carbocycles. The highest BCUT2D eigenvalue weighted by Crippen LogP contribution is 2.43. The monoisotopic (exact) mass is 788 g/mol. The molecule has 2 atom stereocenters. The molecule has 9 nitrogen and oxygen atoms in total. The highest BCUT2D eigenvalue weighted by Gasteiger charge is 2.26. The second-order valence-corrected chi connectivity index (χ2v) is 16.7. The molecule has 0 aliphatic rings. The summed E-state index contributed by atoms with van der Waals surface area (Å²) in [6, 6.07) is 0. The smallest absolute Gasteiger partial charge is 0.462 e. The second-order valence-electron chi connectivity index (χ2n) is 15.3. The number of unbranched alkanes of at least 4 members (excludes halogenated alkanes) is 28. The van der Waals surface area contributed by atoms with Crippen molar-refractivity contribution in [3.05, 3.63) is 12.2 Å². The van der Waals surface area contributed by atoms with E-state index in [2.05, 4.69) is 26.0 Å². The van der Waals surface area contributed by atoms with Crippen molar-refractivity contribution < 1.29 is 37.6 Å². The zero-order valence-corrected chi connectivity index (χ0v) is 36.1. The number of rotatable bonds is 43. The van der Waals surface area contributed by atoms with Crippen LogP contribution in [0.15, 0.2) is 12.2 Å². The van der Waals surface area contributed by atoms with Crippen molar-refractivity contribution >= 4 is 19.8 Å². The number of hydrogen-bond donors (Lipinski definition) is 2. The van der Waals surface area contributed by atoms with Crippen molar-refractivity contribution in [3.63, 3.8) is 0 Å². The van der Waals surface area contributed by atoms with E-state index in [4.69, 9.17) is 24.3 Å². The molecule has 320 valence electrons. The van der Waals surface area contributed by atoms with Crippen LogP contribution in [-0.2, 0) is 32.7 Å². The fourth-order valence-corrected chi connectivity index (χ4v) is 7.26. The summed E-state index contributed by atoms with van der Waals surface area (Å²) in [5.74, 6) is -0.819. The SMILES string of the molecule is CCCC/C=C/CCCCCCCCCCCC(=O)OC[C@H](COP(=O)(O)OCCN)OC(=O)CCCCCCCCCCCCCCCCCCCC. The second kappa shape index (κ2) is 41.4. The van der Waals surface area contributed by atoms with Crippen LogP contribution in [0.2, 0.25) is 0 Å². The van der Waals surface area contributed by atoms with E-state index in [9.17, 15) is 19.0 Å². The van der Waals surface area contributed by atoms with Gasteiger partial charge in [-0.2, -0.15) is 0 Å². The molecular weight excluding hydrogens is 701 g/mol. The lowest BCUT2D eigenvalue weighted by Crippen LogP contribution is -2.29. The van der Waals surface area contributed by atoms with Gasteiger partial charge >= 0.3 is 19.8 Å². The van der Waals surface area contributed by atoms with Crippen LogP contribution in [0.4, 0.5) is 0 Å². The predicted octanol–water partition coefficient (Wildman–Crippen LogP) is 13.0. The molecule has 1 unspecified atom stereocenters. The number of carbonyl (C=O) groups is 2. The lowest BCUT2D eigenvalue weighted by atomic mass is 10.0. The third-order valence-corrected chi connectivity index (χ3v) is 10.9. The van der Waals surface area contributed by atoms with E-state index in [1.807, 2.05) is 0 Å². The average molecular weight is 788 g/mol. The lowest BCUT2D eigenvalue weighted by molar-refractivity contribution is -0.161. The number of phosphoric acid groups is 1. The fraction of sp³-hybridized carbons (Fsp3) is 0.909. The molecule has 0 saturated heterocycles. The normalized spacial score (nSPS) is 13.3. The standard InChI is InChI=1S/C44H86NO8P/c1-3-5-7-9-11-13-15-17-19-20-21-23-25-27-29-31-33-35-37-44(47)53-42(41-52-54(48,49)51-39-38-45)40-50-43(46)36-34-32-30-28-26-24-22-18-16-14-12-10-8-6-4-2/h10,12,42H,3-9,11,13-41,45H2,1-2H3,(H,48,49)/b12-10+/t42-/m1/s1. The minimum atomic E-state index is -4.37. The molecule has 54 heavy (non-hydrogen) atoms. The maximum absolute atomic E-state index is 12.6. The van der Waals surface area contributed by atoms with Crippen LogP contribution in [0, 0.1) is 0 Å². The van der Waals surface area contributed by atoms with Crippen LogP contribution in [0.1, 0.15) is 226 Å². The van der Waals surface area contributed by atoms with Gasteiger partial charge in [0.1, 0.15) is 6.61 Å². The first-order valence-corrected chi connectivity index (χ1v) is 24.2. The number of hydrogen-bond acceptors (Lipinski definition) is 8. The van der Waals surface area contributed by atoms with Gasteiger partial charge < -0.3 is 20.1 Å². The van der Waals surface area contributed by atoms with Crippen molar-refractivity contribution in [1.82, 2.24) is 0 Å². The van der Waals surface area contributed by atoms with Crippen LogP contribution in [0.3, 0.4) is 0 Å². The van der Waals surface area contributed by atoms with Crippen molar-refractivity contribution in [3.8, 4) is 0 Å². The third-order valence-electron chi connectivity index (χ3n) is 9.90. The van der Waals surface area contributed by atoms with Gasteiger partial charge in [-0.1, -0.05) is 193 Å². The van der Waals surface area contributed by atoms with Gasteiger partial charge in [0.25, 0.3) is 0 Å². The molecule has 3 N–H and O–H groups in total. The molecule has 0 aromatic heterocycles. The molecule has 0 spiro atoms. The Morgan fingerprint density at radius 3 is 1.37 bits per heavy atom. The van der Waals surface area contributed by atoms with Gasteiger partial charge in [0.15, 0.2) is 6.10 Å². The largest absolute Gasteiger partial charge is 0.472 e. The summed E-state index contributed by atoms with van der Waals surface area (Å²) in [5, 5.41) is 0. The Hall–Kier alpha value is -1.25. The summed E-state index contributed by atoms with van der Waals surface area (Å²) >= 11 is 0. The average Bonchev–Trinajstić information content (AvgIpc) is 3.16. The predicted molar refractivity (Wildman–Crippen MR) is 224 cm³/mol. The number of nitrogens with two attached hydrogens (primary N) is 1.